The molecule has 4 N–H and O–H groups in total. The molecule has 2 amide bonds. The van der Waals surface area contributed by atoms with Gasteiger partial charge in [-0.3, -0.25) is 0 Å². The van der Waals surface area contributed by atoms with Crippen molar-refractivity contribution < 1.29 is 14.3 Å². The normalized spacial score (nSPS) is 13.7. The molecular weight excluding hydrogens is 282 g/mol. The van der Waals surface area contributed by atoms with E-state index in [0.29, 0.717) is 11.4 Å². The molecule has 0 radical (unpaired) electrons. The van der Waals surface area contributed by atoms with Crippen molar-refractivity contribution in [1.82, 2.24) is 10.3 Å². The molecule has 3 rings (SSSR count). The molecule has 0 aliphatic rings. The summed E-state index contributed by atoms with van der Waals surface area (Å²) in [4.78, 5) is 15.0. The summed E-state index contributed by atoms with van der Waals surface area (Å²) in [6, 6.07) is 10.5. The zero-order valence-corrected chi connectivity index (χ0v) is 12.1. The van der Waals surface area contributed by atoms with Crippen molar-refractivity contribution >= 4 is 22.6 Å². The molecule has 2 aromatic heterocycles. The van der Waals surface area contributed by atoms with Crippen LogP contribution in [-0.4, -0.2) is 22.7 Å². The van der Waals surface area contributed by atoms with Gasteiger partial charge in [0, 0.05) is 22.8 Å². The second-order valence-electron chi connectivity index (χ2n) is 5.34. The van der Waals surface area contributed by atoms with E-state index in [2.05, 4.69) is 15.6 Å². The molecule has 114 valence electrons. The van der Waals surface area contributed by atoms with E-state index in [0.717, 1.165) is 10.9 Å². The molecule has 0 saturated carbocycles. The first kappa shape index (κ1) is 14.2. The lowest BCUT2D eigenvalue weighted by atomic mass is 10.0. The molecule has 0 spiro atoms. The van der Waals surface area contributed by atoms with Gasteiger partial charge in [0.1, 0.15) is 11.4 Å². The van der Waals surface area contributed by atoms with Gasteiger partial charge in [-0.05, 0) is 43.3 Å². The van der Waals surface area contributed by atoms with Crippen molar-refractivity contribution in [3.8, 4) is 0 Å². The van der Waals surface area contributed by atoms with Gasteiger partial charge in [0.25, 0.3) is 0 Å². The molecule has 0 fully saturated rings. The van der Waals surface area contributed by atoms with Gasteiger partial charge >= 0.3 is 6.03 Å². The number of furan rings is 1. The lowest BCUT2D eigenvalue weighted by molar-refractivity contribution is 0.0372. The number of benzene rings is 1. The second kappa shape index (κ2) is 5.57. The van der Waals surface area contributed by atoms with Crippen molar-refractivity contribution in [2.75, 3.05) is 11.9 Å². The van der Waals surface area contributed by atoms with Crippen molar-refractivity contribution in [1.29, 1.82) is 0 Å². The van der Waals surface area contributed by atoms with Crippen LogP contribution in [0.15, 0.2) is 53.3 Å². The van der Waals surface area contributed by atoms with Crippen LogP contribution in [0.1, 0.15) is 12.7 Å². The van der Waals surface area contributed by atoms with Crippen LogP contribution >= 0.6 is 0 Å². The fourth-order valence-electron chi connectivity index (χ4n) is 2.23. The van der Waals surface area contributed by atoms with Crippen LogP contribution in [0.5, 0.6) is 0 Å². The van der Waals surface area contributed by atoms with Crippen molar-refractivity contribution in [2.45, 2.75) is 12.5 Å². The van der Waals surface area contributed by atoms with E-state index in [-0.39, 0.29) is 12.6 Å². The lowest BCUT2D eigenvalue weighted by Crippen LogP contribution is -2.40. The number of fused-ring (bicyclic) bond motifs is 1. The van der Waals surface area contributed by atoms with Crippen LogP contribution in [0.25, 0.3) is 10.9 Å². The number of anilines is 1. The zero-order chi connectivity index (χ0) is 15.6. The minimum absolute atomic E-state index is 0.0404. The molecule has 22 heavy (non-hydrogen) atoms. The quantitative estimate of drug-likeness (QED) is 0.597. The summed E-state index contributed by atoms with van der Waals surface area (Å²) in [7, 11) is 0. The average Bonchev–Trinajstić information content (AvgIpc) is 3.16. The van der Waals surface area contributed by atoms with Crippen LogP contribution in [-0.2, 0) is 5.60 Å². The molecule has 1 atom stereocenters. The monoisotopic (exact) mass is 299 g/mol. The van der Waals surface area contributed by atoms with Gasteiger partial charge in [0.05, 0.1) is 12.8 Å². The fourth-order valence-corrected chi connectivity index (χ4v) is 2.23. The topological polar surface area (TPSA) is 90.3 Å². The Balaban J connectivity index is 1.60. The number of nitrogens with one attached hydrogen (secondary N) is 3. The highest BCUT2D eigenvalue weighted by Gasteiger charge is 2.26. The number of hydrogen-bond donors (Lipinski definition) is 4. The fraction of sp³-hybridized carbons (Fsp3) is 0.188. The Kier molecular flexibility index (Phi) is 3.60. The molecular formula is C16H17N3O3. The Bertz CT molecular complexity index is 775. The van der Waals surface area contributed by atoms with E-state index < -0.39 is 5.60 Å². The van der Waals surface area contributed by atoms with E-state index in [9.17, 15) is 9.90 Å². The number of aromatic amines is 1. The Labute approximate surface area is 127 Å². The maximum atomic E-state index is 11.9. The van der Waals surface area contributed by atoms with Gasteiger partial charge in [-0.2, -0.15) is 0 Å². The summed E-state index contributed by atoms with van der Waals surface area (Å²) in [6.07, 6.45) is 3.32. The van der Waals surface area contributed by atoms with E-state index in [4.69, 9.17) is 4.42 Å². The molecule has 0 saturated heterocycles. The molecule has 1 unspecified atom stereocenters. The van der Waals surface area contributed by atoms with Gasteiger partial charge in [-0.15, -0.1) is 0 Å². The average molecular weight is 299 g/mol. The number of aromatic nitrogens is 1. The predicted octanol–water partition coefficient (Wildman–Crippen LogP) is 2.79. The van der Waals surface area contributed by atoms with Gasteiger partial charge < -0.3 is 25.1 Å². The maximum absolute atomic E-state index is 11.9. The van der Waals surface area contributed by atoms with E-state index in [1.54, 1.807) is 19.1 Å². The number of H-pyrrole nitrogens is 1. The predicted molar refractivity (Wildman–Crippen MR) is 83.6 cm³/mol. The van der Waals surface area contributed by atoms with Gasteiger partial charge in [-0.25, -0.2) is 4.79 Å². The van der Waals surface area contributed by atoms with Gasteiger partial charge in [0.2, 0.25) is 0 Å². The number of rotatable bonds is 4. The number of aliphatic hydroxyl groups is 1. The first-order chi connectivity index (χ1) is 10.5. The standard InChI is InChI=1S/C16H17N3O3/c1-16(21,14-3-2-8-22-14)10-18-15(20)19-12-4-5-13-11(9-12)6-7-17-13/h2-9,17,21H,10H2,1H3,(H2,18,19,20). The number of carbonyl (C=O) groups is 1. The van der Waals surface area contributed by atoms with Crippen LogP contribution in [0, 0.1) is 0 Å². The minimum Gasteiger partial charge on any atom is -0.466 e. The first-order valence-electron chi connectivity index (χ1n) is 6.93. The van der Waals surface area contributed by atoms with Crippen LogP contribution in [0.4, 0.5) is 10.5 Å². The van der Waals surface area contributed by atoms with E-state index >= 15 is 0 Å². The third-order valence-corrected chi connectivity index (χ3v) is 3.46. The Morgan fingerprint density at radius 1 is 1.36 bits per heavy atom. The highest BCUT2D eigenvalue weighted by Crippen LogP contribution is 2.20. The maximum Gasteiger partial charge on any atom is 0.319 e. The smallest absolute Gasteiger partial charge is 0.319 e. The van der Waals surface area contributed by atoms with Crippen molar-refractivity contribution in [2.24, 2.45) is 0 Å². The summed E-state index contributed by atoms with van der Waals surface area (Å²) < 4.78 is 5.16. The van der Waals surface area contributed by atoms with Gasteiger partial charge in [-0.1, -0.05) is 0 Å². The molecule has 3 aromatic rings. The largest absolute Gasteiger partial charge is 0.466 e. The number of amides is 2. The number of hydrogen-bond acceptors (Lipinski definition) is 3. The summed E-state index contributed by atoms with van der Waals surface area (Å²) in [5, 5.41) is 16.6. The van der Waals surface area contributed by atoms with Crippen molar-refractivity contribution in [3.63, 3.8) is 0 Å². The first-order valence-corrected chi connectivity index (χ1v) is 6.93. The van der Waals surface area contributed by atoms with E-state index in [1.165, 1.54) is 6.26 Å². The summed E-state index contributed by atoms with van der Waals surface area (Å²) in [5.41, 5.74) is 0.430. The SMILES string of the molecule is CC(O)(CNC(=O)Nc1ccc2[nH]ccc2c1)c1ccco1. The molecule has 0 aliphatic carbocycles. The highest BCUT2D eigenvalue weighted by molar-refractivity contribution is 5.92. The van der Waals surface area contributed by atoms with Crippen LogP contribution in [0.2, 0.25) is 0 Å². The molecule has 1 aromatic carbocycles. The second-order valence-corrected chi connectivity index (χ2v) is 5.34. The highest BCUT2D eigenvalue weighted by atomic mass is 16.4. The van der Waals surface area contributed by atoms with Crippen molar-refractivity contribution in [3.05, 3.63) is 54.6 Å². The third-order valence-electron chi connectivity index (χ3n) is 3.46. The molecule has 0 bridgehead atoms. The lowest BCUT2D eigenvalue weighted by Gasteiger charge is -2.21. The molecule has 6 heteroatoms. The van der Waals surface area contributed by atoms with Crippen LogP contribution < -0.4 is 10.6 Å². The third kappa shape index (κ3) is 2.96. The Hall–Kier alpha value is -2.73. The van der Waals surface area contributed by atoms with Gasteiger partial charge in [0.15, 0.2) is 0 Å². The molecule has 2 heterocycles. The number of carbonyl (C=O) groups excluding carboxylic acids is 1. The van der Waals surface area contributed by atoms with Crippen LogP contribution in [0.3, 0.4) is 0 Å². The molecule has 6 nitrogen and oxygen atoms in total. The summed E-state index contributed by atoms with van der Waals surface area (Å²) in [6.45, 7) is 1.62. The summed E-state index contributed by atoms with van der Waals surface area (Å²) in [5.74, 6) is 0.404. The summed E-state index contributed by atoms with van der Waals surface area (Å²) >= 11 is 0. The van der Waals surface area contributed by atoms with E-state index in [1.807, 2.05) is 30.5 Å². The Morgan fingerprint density at radius 3 is 3.00 bits per heavy atom. The molecule has 0 aliphatic heterocycles. The minimum atomic E-state index is -1.26. The zero-order valence-electron chi connectivity index (χ0n) is 12.1. The Morgan fingerprint density at radius 2 is 2.23 bits per heavy atom. The number of urea groups is 1.